The van der Waals surface area contributed by atoms with E-state index in [0.29, 0.717) is 35.1 Å². The van der Waals surface area contributed by atoms with E-state index in [4.69, 9.17) is 4.98 Å². The number of rotatable bonds is 5. The molecule has 1 aromatic carbocycles. The lowest BCUT2D eigenvalue weighted by molar-refractivity contribution is -0.117. The maximum atomic E-state index is 12.5. The van der Waals surface area contributed by atoms with E-state index in [-0.39, 0.29) is 18.1 Å². The Bertz CT molecular complexity index is 983. The van der Waals surface area contributed by atoms with Gasteiger partial charge in [0.25, 0.3) is 0 Å². The number of hydrogen-bond acceptors (Lipinski definition) is 6. The first-order valence-corrected chi connectivity index (χ1v) is 11.5. The summed E-state index contributed by atoms with van der Waals surface area (Å²) in [7, 11) is -1.11. The van der Waals surface area contributed by atoms with Crippen LogP contribution < -0.4 is 10.2 Å². The topological polar surface area (TPSA) is 95.4 Å². The molecule has 0 bridgehead atoms. The van der Waals surface area contributed by atoms with Crippen LogP contribution in [0.3, 0.4) is 0 Å². The second-order valence-corrected chi connectivity index (χ2v) is 9.59. The van der Waals surface area contributed by atoms with E-state index in [1.807, 2.05) is 29.2 Å². The number of aliphatic hydroxyl groups excluding tert-OH is 1. The van der Waals surface area contributed by atoms with Crippen LogP contribution in [-0.4, -0.2) is 49.6 Å². The van der Waals surface area contributed by atoms with E-state index in [2.05, 4.69) is 10.3 Å². The van der Waals surface area contributed by atoms with Crippen molar-refractivity contribution in [3.05, 3.63) is 30.0 Å². The first-order valence-electron chi connectivity index (χ1n) is 10.2. The van der Waals surface area contributed by atoms with Gasteiger partial charge in [0.05, 0.1) is 28.6 Å². The van der Waals surface area contributed by atoms with Gasteiger partial charge in [-0.05, 0) is 49.9 Å². The maximum Gasteiger partial charge on any atom is 0.227 e. The average molecular weight is 413 g/mol. The lowest BCUT2D eigenvalue weighted by atomic mass is 9.77. The summed E-state index contributed by atoms with van der Waals surface area (Å²) in [5.41, 5.74) is 2.20. The molecule has 3 aliphatic rings. The molecule has 2 fully saturated rings. The predicted octanol–water partition coefficient (Wildman–Crippen LogP) is 2.26. The molecule has 1 saturated carbocycles. The van der Waals surface area contributed by atoms with E-state index in [1.165, 1.54) is 0 Å². The number of carbonyl (C=O) groups is 1. The van der Waals surface area contributed by atoms with Crippen LogP contribution in [-0.2, 0) is 22.0 Å². The highest BCUT2D eigenvalue weighted by molar-refractivity contribution is 7.85. The van der Waals surface area contributed by atoms with Crippen molar-refractivity contribution >= 4 is 28.2 Å². The van der Waals surface area contributed by atoms with Crippen LogP contribution in [0.5, 0.6) is 0 Å². The number of nitrogens with one attached hydrogen (secondary N) is 1. The van der Waals surface area contributed by atoms with Crippen LogP contribution in [0.2, 0.25) is 0 Å². The summed E-state index contributed by atoms with van der Waals surface area (Å²) < 4.78 is 12.5. The predicted molar refractivity (Wildman–Crippen MR) is 111 cm³/mol. The Kier molecular flexibility index (Phi) is 4.63. The molecule has 5 rings (SSSR count). The van der Waals surface area contributed by atoms with Gasteiger partial charge < -0.3 is 15.3 Å². The number of carbonyl (C=O) groups excluding carboxylic acids is 1. The molecule has 1 amide bonds. The summed E-state index contributed by atoms with van der Waals surface area (Å²) in [6, 6.07) is 7.73. The van der Waals surface area contributed by atoms with Crippen molar-refractivity contribution in [1.29, 1.82) is 0 Å². The van der Waals surface area contributed by atoms with Crippen LogP contribution in [0.25, 0.3) is 11.4 Å². The van der Waals surface area contributed by atoms with Crippen molar-refractivity contribution in [2.45, 2.75) is 49.0 Å². The number of hydrogen-bond donors (Lipinski definition) is 2. The van der Waals surface area contributed by atoms with Gasteiger partial charge in [-0.1, -0.05) is 0 Å². The van der Waals surface area contributed by atoms with E-state index in [9.17, 15) is 14.1 Å². The Morgan fingerprint density at radius 2 is 1.93 bits per heavy atom. The zero-order valence-corrected chi connectivity index (χ0v) is 17.0. The molecule has 29 heavy (non-hydrogen) atoms. The lowest BCUT2D eigenvalue weighted by Crippen LogP contribution is -2.48. The quantitative estimate of drug-likeness (QED) is 0.782. The number of benzene rings is 1. The summed E-state index contributed by atoms with van der Waals surface area (Å²) >= 11 is 0. The smallest absolute Gasteiger partial charge is 0.227 e. The normalized spacial score (nSPS) is 22.4. The summed E-state index contributed by atoms with van der Waals surface area (Å²) in [6.07, 6.45) is 4.99. The third-order valence-corrected chi connectivity index (χ3v) is 7.65. The molecule has 2 aliphatic heterocycles. The van der Waals surface area contributed by atoms with E-state index in [0.717, 1.165) is 49.2 Å². The third-order valence-electron chi connectivity index (χ3n) is 6.20. The number of aliphatic hydroxyl groups is 1. The minimum absolute atomic E-state index is 0.0340. The van der Waals surface area contributed by atoms with Gasteiger partial charge in [0.15, 0.2) is 5.82 Å². The van der Waals surface area contributed by atoms with E-state index < -0.39 is 10.8 Å². The minimum Gasteiger partial charge on any atom is -0.394 e. The van der Waals surface area contributed by atoms with E-state index >= 15 is 0 Å². The SMILES string of the molecule is O=C1CCCN1c1ccc(-c2nc3c(c(NC4(CO)CCC4)n2)S(=O)CC3)cc1. The molecule has 1 unspecified atom stereocenters. The van der Waals surface area contributed by atoms with Gasteiger partial charge in [-0.25, -0.2) is 9.97 Å². The number of amides is 1. The zero-order chi connectivity index (χ0) is 20.0. The fourth-order valence-electron chi connectivity index (χ4n) is 4.30. The van der Waals surface area contributed by atoms with Gasteiger partial charge in [0, 0.05) is 36.4 Å². The van der Waals surface area contributed by atoms with Gasteiger partial charge in [-0.15, -0.1) is 0 Å². The highest BCUT2D eigenvalue weighted by Crippen LogP contribution is 2.38. The van der Waals surface area contributed by atoms with Gasteiger partial charge in [0.2, 0.25) is 5.91 Å². The molecule has 7 nitrogen and oxygen atoms in total. The summed E-state index contributed by atoms with van der Waals surface area (Å²) in [5.74, 6) is 1.89. The first kappa shape index (κ1) is 18.7. The average Bonchev–Trinajstić information content (AvgIpc) is 3.30. The van der Waals surface area contributed by atoms with Crippen LogP contribution in [0, 0.1) is 0 Å². The largest absolute Gasteiger partial charge is 0.394 e. The minimum atomic E-state index is -1.11. The van der Waals surface area contributed by atoms with Crippen LogP contribution in [0.4, 0.5) is 11.5 Å². The molecule has 2 N–H and O–H groups in total. The Morgan fingerprint density at radius 3 is 2.55 bits per heavy atom. The molecule has 1 atom stereocenters. The molecule has 1 saturated heterocycles. The fourth-order valence-corrected chi connectivity index (χ4v) is 5.61. The fraction of sp³-hybridized carbons (Fsp3) is 0.476. The van der Waals surface area contributed by atoms with Crippen LogP contribution in [0.1, 0.15) is 37.8 Å². The van der Waals surface area contributed by atoms with Gasteiger partial charge in [-0.3, -0.25) is 9.00 Å². The molecule has 8 heteroatoms. The van der Waals surface area contributed by atoms with Crippen LogP contribution >= 0.6 is 0 Å². The Hall–Kier alpha value is -2.32. The Labute approximate surface area is 172 Å². The molecule has 0 radical (unpaired) electrons. The zero-order valence-electron chi connectivity index (χ0n) is 16.2. The highest BCUT2D eigenvalue weighted by Gasteiger charge is 2.38. The standard InChI is InChI=1S/C21H24N4O3S/c26-13-21(9-2-10-21)24-20-18-16(8-12-29(18)28)22-19(23-20)14-4-6-15(7-5-14)25-11-1-3-17(25)27/h4-7,26H,1-3,8-13H2,(H,22,23,24). The second-order valence-electron chi connectivity index (χ2n) is 8.08. The number of nitrogens with zero attached hydrogens (tertiary/aromatic N) is 3. The molecule has 0 spiro atoms. The van der Waals surface area contributed by atoms with Crippen molar-refractivity contribution in [2.75, 3.05) is 29.1 Å². The molecule has 3 heterocycles. The summed E-state index contributed by atoms with van der Waals surface area (Å²) in [4.78, 5) is 23.9. The third kappa shape index (κ3) is 3.24. The number of anilines is 2. The summed E-state index contributed by atoms with van der Waals surface area (Å²) in [5, 5.41) is 13.2. The van der Waals surface area contributed by atoms with Crippen molar-refractivity contribution in [3.8, 4) is 11.4 Å². The Balaban J connectivity index is 1.50. The molecule has 2 aromatic rings. The van der Waals surface area contributed by atoms with Crippen molar-refractivity contribution in [2.24, 2.45) is 0 Å². The van der Waals surface area contributed by atoms with Crippen molar-refractivity contribution in [3.63, 3.8) is 0 Å². The van der Waals surface area contributed by atoms with Gasteiger partial charge in [-0.2, -0.15) is 0 Å². The molecule has 1 aliphatic carbocycles. The number of aromatic nitrogens is 2. The molecular formula is C21H24N4O3S. The van der Waals surface area contributed by atoms with Gasteiger partial charge in [0.1, 0.15) is 10.7 Å². The highest BCUT2D eigenvalue weighted by atomic mass is 32.2. The number of aryl methyl sites for hydroxylation is 1. The molecular weight excluding hydrogens is 388 g/mol. The van der Waals surface area contributed by atoms with Crippen LogP contribution in [0.15, 0.2) is 29.2 Å². The molecule has 152 valence electrons. The molecule has 1 aromatic heterocycles. The number of fused-ring (bicyclic) bond motifs is 1. The summed E-state index contributed by atoms with van der Waals surface area (Å²) in [6.45, 7) is 0.795. The van der Waals surface area contributed by atoms with Crippen molar-refractivity contribution in [1.82, 2.24) is 9.97 Å². The van der Waals surface area contributed by atoms with Crippen molar-refractivity contribution < 1.29 is 14.1 Å². The Morgan fingerprint density at radius 1 is 1.14 bits per heavy atom. The lowest BCUT2D eigenvalue weighted by Gasteiger charge is -2.41. The second kappa shape index (κ2) is 7.18. The monoisotopic (exact) mass is 412 g/mol. The first-order chi connectivity index (χ1) is 14.1. The van der Waals surface area contributed by atoms with E-state index in [1.54, 1.807) is 0 Å². The van der Waals surface area contributed by atoms with Gasteiger partial charge >= 0.3 is 0 Å². The maximum absolute atomic E-state index is 12.5.